The predicted octanol–water partition coefficient (Wildman–Crippen LogP) is 3.79. The van der Waals surface area contributed by atoms with Crippen molar-refractivity contribution in [2.75, 3.05) is 14.2 Å². The number of methoxy groups -OCH3 is 1. The molecule has 0 atom stereocenters. The molecule has 1 aromatic carbocycles. The number of aliphatic imine (C=N–C) groups is 1. The number of thiophene rings is 1. The number of nitrogens with zero attached hydrogens (tertiary/aromatic N) is 1. The van der Waals surface area contributed by atoms with Crippen molar-refractivity contribution >= 4 is 17.3 Å². The first kappa shape index (κ1) is 20.0. The van der Waals surface area contributed by atoms with Gasteiger partial charge in [0.15, 0.2) is 5.96 Å². The molecule has 0 saturated carbocycles. The fourth-order valence-electron chi connectivity index (χ4n) is 2.31. The van der Waals surface area contributed by atoms with E-state index in [2.05, 4.69) is 39.4 Å². The molecule has 5 nitrogen and oxygen atoms in total. The van der Waals surface area contributed by atoms with Gasteiger partial charge in [-0.25, -0.2) is 0 Å². The van der Waals surface area contributed by atoms with Gasteiger partial charge in [-0.2, -0.15) is 8.78 Å². The molecular formula is C18H23F2N3O2S. The van der Waals surface area contributed by atoms with Gasteiger partial charge in [0, 0.05) is 28.9 Å². The Kier molecular flexibility index (Phi) is 7.65. The van der Waals surface area contributed by atoms with E-state index in [9.17, 15) is 8.78 Å². The van der Waals surface area contributed by atoms with Gasteiger partial charge in [0.25, 0.3) is 0 Å². The topological polar surface area (TPSA) is 54.9 Å². The minimum absolute atomic E-state index is 0.106. The molecule has 26 heavy (non-hydrogen) atoms. The second-order valence-corrected chi connectivity index (χ2v) is 6.61. The third kappa shape index (κ3) is 5.87. The lowest BCUT2D eigenvalue weighted by atomic mass is 10.2. The zero-order chi connectivity index (χ0) is 18.9. The first-order chi connectivity index (χ1) is 12.5. The molecular weight excluding hydrogens is 360 g/mol. The number of aryl methyl sites for hydroxylation is 1. The lowest BCUT2D eigenvalue weighted by Gasteiger charge is -2.15. The summed E-state index contributed by atoms with van der Waals surface area (Å²) in [6.07, 6.45) is 1.01. The molecule has 0 radical (unpaired) electrons. The minimum atomic E-state index is -2.88. The Morgan fingerprint density at radius 2 is 1.88 bits per heavy atom. The first-order valence-electron chi connectivity index (χ1n) is 8.19. The molecule has 0 aliphatic carbocycles. The van der Waals surface area contributed by atoms with Crippen LogP contribution in [0.3, 0.4) is 0 Å². The molecule has 0 unspecified atom stereocenters. The largest absolute Gasteiger partial charge is 0.497 e. The Morgan fingerprint density at radius 1 is 1.15 bits per heavy atom. The smallest absolute Gasteiger partial charge is 0.387 e. The Morgan fingerprint density at radius 3 is 2.50 bits per heavy atom. The summed E-state index contributed by atoms with van der Waals surface area (Å²) >= 11 is 1.75. The van der Waals surface area contributed by atoms with Gasteiger partial charge in [0.05, 0.1) is 13.7 Å². The van der Waals surface area contributed by atoms with Crippen LogP contribution in [0.25, 0.3) is 0 Å². The molecule has 0 bridgehead atoms. The van der Waals surface area contributed by atoms with E-state index in [0.717, 1.165) is 6.42 Å². The Hall–Kier alpha value is -2.35. The number of nitrogens with one attached hydrogen (secondary N) is 2. The maximum atomic E-state index is 12.6. The number of hydrogen-bond donors (Lipinski definition) is 2. The average molecular weight is 383 g/mol. The Labute approximate surface area is 156 Å². The van der Waals surface area contributed by atoms with Crippen LogP contribution >= 0.6 is 11.3 Å². The summed E-state index contributed by atoms with van der Waals surface area (Å²) in [6, 6.07) is 8.90. The lowest BCUT2D eigenvalue weighted by molar-refractivity contribution is -0.0504. The van der Waals surface area contributed by atoms with Crippen molar-refractivity contribution in [2.24, 2.45) is 4.99 Å². The van der Waals surface area contributed by atoms with Gasteiger partial charge in [-0.3, -0.25) is 4.99 Å². The van der Waals surface area contributed by atoms with E-state index in [1.165, 1.54) is 22.9 Å². The van der Waals surface area contributed by atoms with Crippen LogP contribution in [0, 0.1) is 0 Å². The summed E-state index contributed by atoms with van der Waals surface area (Å²) < 4.78 is 34.9. The maximum absolute atomic E-state index is 12.6. The fourth-order valence-corrected chi connectivity index (χ4v) is 3.21. The van der Waals surface area contributed by atoms with Crippen molar-refractivity contribution in [3.05, 3.63) is 45.6 Å². The molecule has 1 heterocycles. The highest BCUT2D eigenvalue weighted by molar-refractivity contribution is 7.11. The normalized spacial score (nSPS) is 11.5. The molecule has 2 N–H and O–H groups in total. The number of ether oxygens (including phenoxy) is 2. The molecule has 0 fully saturated rings. The number of hydrogen-bond acceptors (Lipinski definition) is 4. The standard InChI is InChI=1S/C18H23F2N3O2S/c1-4-14-6-7-15(26-14)11-23-18(21-2)22-10-12-9-13(24-3)5-8-16(12)25-17(19)20/h5-9,17H,4,10-11H2,1-3H3,(H2,21,22,23). The van der Waals surface area contributed by atoms with E-state index in [0.29, 0.717) is 23.8 Å². The van der Waals surface area contributed by atoms with Crippen molar-refractivity contribution in [1.29, 1.82) is 0 Å². The number of halogens is 2. The van der Waals surface area contributed by atoms with E-state index in [1.807, 2.05) is 0 Å². The Bertz CT molecular complexity index is 735. The average Bonchev–Trinajstić information content (AvgIpc) is 3.10. The second kappa shape index (κ2) is 9.96. The van der Waals surface area contributed by atoms with Crippen LogP contribution in [0.1, 0.15) is 22.2 Å². The van der Waals surface area contributed by atoms with Crippen molar-refractivity contribution in [3.63, 3.8) is 0 Å². The van der Waals surface area contributed by atoms with Crippen LogP contribution in [0.15, 0.2) is 35.3 Å². The van der Waals surface area contributed by atoms with E-state index in [-0.39, 0.29) is 12.3 Å². The molecule has 0 spiro atoms. The summed E-state index contributed by atoms with van der Waals surface area (Å²) in [5, 5.41) is 6.32. The zero-order valence-corrected chi connectivity index (χ0v) is 15.8. The summed E-state index contributed by atoms with van der Waals surface area (Å²) in [4.78, 5) is 6.69. The first-order valence-corrected chi connectivity index (χ1v) is 9.01. The quantitative estimate of drug-likeness (QED) is 0.538. The highest BCUT2D eigenvalue weighted by atomic mass is 32.1. The van der Waals surface area contributed by atoms with Gasteiger partial charge < -0.3 is 20.1 Å². The molecule has 142 valence electrons. The van der Waals surface area contributed by atoms with Crippen molar-refractivity contribution in [1.82, 2.24) is 10.6 Å². The monoisotopic (exact) mass is 383 g/mol. The summed E-state index contributed by atoms with van der Waals surface area (Å²) in [5.74, 6) is 1.24. The van der Waals surface area contributed by atoms with Crippen LogP contribution in [0.2, 0.25) is 0 Å². The van der Waals surface area contributed by atoms with Crippen LogP contribution in [0.4, 0.5) is 8.78 Å². The van der Waals surface area contributed by atoms with Gasteiger partial charge in [-0.05, 0) is 36.8 Å². The van der Waals surface area contributed by atoms with E-state index < -0.39 is 6.61 Å². The number of guanidine groups is 1. The highest BCUT2D eigenvalue weighted by Gasteiger charge is 2.11. The number of rotatable bonds is 8. The second-order valence-electron chi connectivity index (χ2n) is 5.35. The predicted molar refractivity (Wildman–Crippen MR) is 100 cm³/mol. The van der Waals surface area contributed by atoms with Crippen LogP contribution < -0.4 is 20.1 Å². The number of alkyl halides is 2. The SMILES string of the molecule is CCc1ccc(CNC(=NC)NCc2cc(OC)ccc2OC(F)F)s1. The van der Waals surface area contributed by atoms with Crippen LogP contribution in [-0.4, -0.2) is 26.7 Å². The van der Waals surface area contributed by atoms with Crippen LogP contribution in [-0.2, 0) is 19.5 Å². The van der Waals surface area contributed by atoms with Gasteiger partial charge >= 0.3 is 6.61 Å². The molecule has 0 aliphatic heterocycles. The van der Waals surface area contributed by atoms with Gasteiger partial charge in [-0.1, -0.05) is 6.92 Å². The van der Waals surface area contributed by atoms with Gasteiger partial charge in [-0.15, -0.1) is 11.3 Å². The zero-order valence-electron chi connectivity index (χ0n) is 15.0. The van der Waals surface area contributed by atoms with Crippen molar-refractivity contribution < 1.29 is 18.3 Å². The van der Waals surface area contributed by atoms with E-state index >= 15 is 0 Å². The molecule has 1 aromatic heterocycles. The van der Waals surface area contributed by atoms with E-state index in [1.54, 1.807) is 30.5 Å². The molecule has 2 aromatic rings. The summed E-state index contributed by atoms with van der Waals surface area (Å²) in [5.41, 5.74) is 0.553. The maximum Gasteiger partial charge on any atom is 0.387 e. The molecule has 8 heteroatoms. The molecule has 0 amide bonds. The molecule has 0 aliphatic rings. The third-order valence-electron chi connectivity index (χ3n) is 3.65. The highest BCUT2D eigenvalue weighted by Crippen LogP contribution is 2.25. The molecule has 2 rings (SSSR count). The van der Waals surface area contributed by atoms with Crippen molar-refractivity contribution in [3.8, 4) is 11.5 Å². The summed E-state index contributed by atoms with van der Waals surface area (Å²) in [6.45, 7) is 0.148. The molecule has 0 saturated heterocycles. The third-order valence-corrected chi connectivity index (χ3v) is 4.88. The van der Waals surface area contributed by atoms with Gasteiger partial charge in [0.1, 0.15) is 11.5 Å². The van der Waals surface area contributed by atoms with Crippen molar-refractivity contribution in [2.45, 2.75) is 33.0 Å². The Balaban J connectivity index is 1.98. The van der Waals surface area contributed by atoms with Crippen LogP contribution in [0.5, 0.6) is 11.5 Å². The van der Waals surface area contributed by atoms with E-state index in [4.69, 9.17) is 4.74 Å². The fraction of sp³-hybridized carbons (Fsp3) is 0.389. The summed E-state index contributed by atoms with van der Waals surface area (Å²) in [7, 11) is 3.18. The number of benzene rings is 1. The van der Waals surface area contributed by atoms with Gasteiger partial charge in [0.2, 0.25) is 0 Å². The minimum Gasteiger partial charge on any atom is -0.497 e. The lowest BCUT2D eigenvalue weighted by Crippen LogP contribution is -2.36.